The topological polar surface area (TPSA) is 66.4 Å². The van der Waals surface area contributed by atoms with Crippen molar-refractivity contribution in [3.63, 3.8) is 0 Å². The summed E-state index contributed by atoms with van der Waals surface area (Å²) in [6.07, 6.45) is 0. The van der Waals surface area contributed by atoms with Crippen molar-refractivity contribution >= 4 is 38.8 Å². The molecule has 0 unspecified atom stereocenters. The summed E-state index contributed by atoms with van der Waals surface area (Å²) in [6.45, 7) is 1.94. The lowest BCUT2D eigenvalue weighted by atomic mass is 10.3. The highest BCUT2D eigenvalue weighted by Gasteiger charge is 2.29. The summed E-state index contributed by atoms with van der Waals surface area (Å²) in [5.74, 6) is 0.763. The van der Waals surface area contributed by atoms with E-state index in [4.69, 9.17) is 11.6 Å². The maximum absolute atomic E-state index is 12.8. The van der Waals surface area contributed by atoms with Crippen molar-refractivity contribution in [2.24, 2.45) is 0 Å². The van der Waals surface area contributed by atoms with E-state index in [9.17, 15) is 8.42 Å². The molecule has 0 radical (unpaired) electrons. The fraction of sp³-hybridized carbons (Fsp3) is 0.222. The van der Waals surface area contributed by atoms with Crippen LogP contribution in [0.1, 0.15) is 0 Å². The van der Waals surface area contributed by atoms with Crippen LogP contribution in [0.3, 0.4) is 0 Å². The predicted octanol–water partition coefficient (Wildman–Crippen LogP) is 3.37. The number of anilines is 1. The van der Waals surface area contributed by atoms with Crippen LogP contribution < -0.4 is 4.90 Å². The van der Waals surface area contributed by atoms with E-state index in [0.717, 1.165) is 16.4 Å². The molecular formula is C18H17ClN4O2S2. The molecular weight excluding hydrogens is 404 g/mol. The number of nitrogens with zero attached hydrogens (tertiary/aromatic N) is 4. The second-order valence-corrected chi connectivity index (χ2v) is 9.42. The fourth-order valence-corrected chi connectivity index (χ4v) is 5.20. The van der Waals surface area contributed by atoms with Crippen LogP contribution in [0.4, 0.5) is 5.82 Å². The van der Waals surface area contributed by atoms with Gasteiger partial charge < -0.3 is 4.90 Å². The largest absolute Gasteiger partial charge is 0.352 e. The van der Waals surface area contributed by atoms with Crippen molar-refractivity contribution in [1.82, 2.24) is 14.5 Å². The second kappa shape index (κ2) is 7.55. The average molecular weight is 421 g/mol. The second-order valence-electron chi connectivity index (χ2n) is 6.10. The lowest BCUT2D eigenvalue weighted by Gasteiger charge is -2.34. The Kier molecular flexibility index (Phi) is 5.14. The van der Waals surface area contributed by atoms with E-state index in [1.165, 1.54) is 4.31 Å². The number of rotatable bonds is 4. The molecule has 140 valence electrons. The molecule has 2 aromatic heterocycles. The molecule has 1 saturated heterocycles. The van der Waals surface area contributed by atoms with Crippen LogP contribution in [-0.2, 0) is 10.0 Å². The van der Waals surface area contributed by atoms with E-state index in [1.807, 2.05) is 29.6 Å². The predicted molar refractivity (Wildman–Crippen MR) is 108 cm³/mol. The Balaban J connectivity index is 1.43. The lowest BCUT2D eigenvalue weighted by Crippen LogP contribution is -2.48. The summed E-state index contributed by atoms with van der Waals surface area (Å²) < 4.78 is 27.0. The highest BCUT2D eigenvalue weighted by atomic mass is 35.5. The van der Waals surface area contributed by atoms with Gasteiger partial charge in [0.2, 0.25) is 10.0 Å². The first-order valence-corrected chi connectivity index (χ1v) is 11.1. The van der Waals surface area contributed by atoms with Crippen LogP contribution in [0.5, 0.6) is 0 Å². The number of benzene rings is 1. The lowest BCUT2D eigenvalue weighted by molar-refractivity contribution is 0.383. The molecule has 0 spiro atoms. The van der Waals surface area contributed by atoms with Gasteiger partial charge in [-0.15, -0.1) is 21.5 Å². The molecule has 0 amide bonds. The van der Waals surface area contributed by atoms with Gasteiger partial charge in [-0.25, -0.2) is 8.42 Å². The number of hydrogen-bond acceptors (Lipinski definition) is 6. The molecule has 9 heteroatoms. The molecule has 1 aliphatic heterocycles. The Bertz CT molecular complexity index is 999. The SMILES string of the molecule is O=S(=O)(c1ccc(Cl)cc1)N1CCN(c2ccc(-c3cccs3)nn2)CC1. The standard InChI is InChI=1S/C18H17ClN4O2S2/c19-14-3-5-15(6-4-14)27(24,25)23-11-9-22(10-12-23)18-8-7-16(20-21-18)17-2-1-13-26-17/h1-8,13H,9-12H2. The molecule has 4 rings (SSSR count). The summed E-state index contributed by atoms with van der Waals surface area (Å²) in [4.78, 5) is 3.40. The molecule has 0 atom stereocenters. The number of thiophene rings is 1. The normalized spacial score (nSPS) is 15.8. The van der Waals surface area contributed by atoms with Crippen LogP contribution in [0, 0.1) is 0 Å². The summed E-state index contributed by atoms with van der Waals surface area (Å²) in [5.41, 5.74) is 0.845. The van der Waals surface area contributed by atoms with Crippen molar-refractivity contribution in [1.29, 1.82) is 0 Å². The zero-order chi connectivity index (χ0) is 18.9. The maximum atomic E-state index is 12.8. The number of sulfonamides is 1. The van der Waals surface area contributed by atoms with Crippen LogP contribution in [0.25, 0.3) is 10.6 Å². The molecule has 3 heterocycles. The maximum Gasteiger partial charge on any atom is 0.243 e. The van der Waals surface area contributed by atoms with E-state index >= 15 is 0 Å². The van der Waals surface area contributed by atoms with Gasteiger partial charge in [-0.05, 0) is 47.8 Å². The molecule has 0 aliphatic carbocycles. The minimum atomic E-state index is -3.51. The Hall–Kier alpha value is -2.00. The minimum Gasteiger partial charge on any atom is -0.352 e. The van der Waals surface area contributed by atoms with Gasteiger partial charge in [-0.1, -0.05) is 17.7 Å². The van der Waals surface area contributed by atoms with Gasteiger partial charge in [0, 0.05) is 31.2 Å². The van der Waals surface area contributed by atoms with E-state index in [1.54, 1.807) is 35.6 Å². The summed E-state index contributed by atoms with van der Waals surface area (Å²) in [5, 5.41) is 11.1. The van der Waals surface area contributed by atoms with Gasteiger partial charge in [0.05, 0.1) is 9.77 Å². The molecule has 0 N–H and O–H groups in total. The van der Waals surface area contributed by atoms with Gasteiger partial charge in [-0.2, -0.15) is 4.31 Å². The number of halogens is 1. The summed E-state index contributed by atoms with van der Waals surface area (Å²) in [7, 11) is -3.51. The molecule has 27 heavy (non-hydrogen) atoms. The number of aromatic nitrogens is 2. The molecule has 6 nitrogen and oxygen atoms in total. The van der Waals surface area contributed by atoms with Crippen molar-refractivity contribution in [2.45, 2.75) is 4.90 Å². The molecule has 1 aliphatic rings. The third-order valence-electron chi connectivity index (χ3n) is 4.44. The highest BCUT2D eigenvalue weighted by molar-refractivity contribution is 7.89. The van der Waals surface area contributed by atoms with Gasteiger partial charge in [0.15, 0.2) is 5.82 Å². The first-order valence-electron chi connectivity index (χ1n) is 8.42. The third kappa shape index (κ3) is 3.84. The minimum absolute atomic E-state index is 0.264. The molecule has 1 aromatic carbocycles. The van der Waals surface area contributed by atoms with Crippen LogP contribution >= 0.6 is 22.9 Å². The Morgan fingerprint density at radius 3 is 2.26 bits per heavy atom. The first kappa shape index (κ1) is 18.4. The Morgan fingerprint density at radius 1 is 0.926 bits per heavy atom. The summed E-state index contributed by atoms with van der Waals surface area (Å²) >= 11 is 7.47. The molecule has 1 fully saturated rings. The summed E-state index contributed by atoms with van der Waals surface area (Å²) in [6, 6.07) is 14.1. The van der Waals surface area contributed by atoms with Crippen LogP contribution in [-0.4, -0.2) is 49.1 Å². The van der Waals surface area contributed by atoms with Crippen molar-refractivity contribution in [2.75, 3.05) is 31.1 Å². The first-order chi connectivity index (χ1) is 13.0. The van der Waals surface area contributed by atoms with E-state index in [-0.39, 0.29) is 4.90 Å². The zero-order valence-electron chi connectivity index (χ0n) is 14.3. The van der Waals surface area contributed by atoms with E-state index < -0.39 is 10.0 Å². The van der Waals surface area contributed by atoms with Crippen molar-refractivity contribution in [3.05, 3.63) is 58.9 Å². The van der Waals surface area contributed by atoms with Crippen LogP contribution in [0.2, 0.25) is 5.02 Å². The van der Waals surface area contributed by atoms with Crippen molar-refractivity contribution < 1.29 is 8.42 Å². The Labute approximate surface area is 167 Å². The molecule has 3 aromatic rings. The van der Waals surface area contributed by atoms with Crippen LogP contribution in [0.15, 0.2) is 58.8 Å². The number of piperazine rings is 1. The van der Waals surface area contributed by atoms with Gasteiger partial charge in [-0.3, -0.25) is 0 Å². The van der Waals surface area contributed by atoms with Gasteiger partial charge in [0.25, 0.3) is 0 Å². The van der Waals surface area contributed by atoms with Crippen molar-refractivity contribution in [3.8, 4) is 10.6 Å². The van der Waals surface area contributed by atoms with E-state index in [2.05, 4.69) is 15.1 Å². The van der Waals surface area contributed by atoms with E-state index in [0.29, 0.717) is 31.2 Å². The smallest absolute Gasteiger partial charge is 0.243 e. The zero-order valence-corrected chi connectivity index (χ0v) is 16.7. The fourth-order valence-electron chi connectivity index (χ4n) is 2.96. The molecule has 0 bridgehead atoms. The average Bonchev–Trinajstić information content (AvgIpc) is 3.23. The third-order valence-corrected chi connectivity index (χ3v) is 7.50. The monoisotopic (exact) mass is 420 g/mol. The van der Waals surface area contributed by atoms with Gasteiger partial charge >= 0.3 is 0 Å². The Morgan fingerprint density at radius 2 is 1.67 bits per heavy atom. The van der Waals surface area contributed by atoms with Gasteiger partial charge in [0.1, 0.15) is 5.69 Å². The molecule has 0 saturated carbocycles. The quantitative estimate of drug-likeness (QED) is 0.647. The number of hydrogen-bond donors (Lipinski definition) is 0. The highest BCUT2D eigenvalue weighted by Crippen LogP contribution is 2.24.